The second-order valence-corrected chi connectivity index (χ2v) is 5.67. The first-order valence-electron chi connectivity index (χ1n) is 6.17. The van der Waals surface area contributed by atoms with Gasteiger partial charge in [-0.05, 0) is 48.6 Å². The molecule has 0 unspecified atom stereocenters. The van der Waals surface area contributed by atoms with Crippen LogP contribution in [0.3, 0.4) is 0 Å². The largest absolute Gasteiger partial charge is 0.417 e. The van der Waals surface area contributed by atoms with E-state index in [1.807, 2.05) is 0 Å². The molecule has 0 aliphatic carbocycles. The number of aromatic nitrogens is 1. The summed E-state index contributed by atoms with van der Waals surface area (Å²) in [6.07, 6.45) is -3.77. The second kappa shape index (κ2) is 7.05. The van der Waals surface area contributed by atoms with Crippen LogP contribution in [-0.2, 0) is 6.18 Å². The van der Waals surface area contributed by atoms with E-state index >= 15 is 0 Å². The van der Waals surface area contributed by atoms with Gasteiger partial charge in [0.15, 0.2) is 5.11 Å². The van der Waals surface area contributed by atoms with E-state index in [0.717, 1.165) is 16.6 Å². The van der Waals surface area contributed by atoms with E-state index in [1.165, 1.54) is 0 Å². The molecule has 120 valence electrons. The number of anilines is 1. The zero-order valence-electron chi connectivity index (χ0n) is 11.3. The summed E-state index contributed by atoms with van der Waals surface area (Å²) in [6, 6.07) is 8.58. The van der Waals surface area contributed by atoms with Gasteiger partial charge in [0.25, 0.3) is 5.91 Å². The summed E-state index contributed by atoms with van der Waals surface area (Å²) in [6.45, 7) is 0. The van der Waals surface area contributed by atoms with Gasteiger partial charge in [-0.2, -0.15) is 13.2 Å². The third-order valence-corrected chi connectivity index (χ3v) is 3.40. The minimum Gasteiger partial charge on any atom is -0.317 e. The van der Waals surface area contributed by atoms with Crippen molar-refractivity contribution in [2.24, 2.45) is 0 Å². The van der Waals surface area contributed by atoms with Crippen LogP contribution in [0.4, 0.5) is 19.0 Å². The molecule has 0 radical (unpaired) electrons. The fraction of sp³-hybridized carbons (Fsp3) is 0.0714. The topological polar surface area (TPSA) is 54.0 Å². The summed E-state index contributed by atoms with van der Waals surface area (Å²) in [5, 5.41) is 4.89. The van der Waals surface area contributed by atoms with Gasteiger partial charge in [-0.1, -0.05) is 15.9 Å². The molecule has 0 fully saturated rings. The average molecular weight is 404 g/mol. The molecule has 0 spiro atoms. The minimum atomic E-state index is -4.46. The molecule has 4 nitrogen and oxygen atoms in total. The molecule has 0 saturated carbocycles. The van der Waals surface area contributed by atoms with Crippen LogP contribution in [0.2, 0.25) is 0 Å². The number of nitrogens with one attached hydrogen (secondary N) is 2. The maximum absolute atomic E-state index is 12.4. The van der Waals surface area contributed by atoms with Crippen LogP contribution in [0, 0.1) is 0 Å². The Hall–Kier alpha value is -2.00. The number of benzene rings is 1. The summed E-state index contributed by atoms with van der Waals surface area (Å²) in [4.78, 5) is 15.5. The second-order valence-electron chi connectivity index (χ2n) is 4.35. The number of rotatable bonds is 2. The molecule has 2 N–H and O–H groups in total. The van der Waals surface area contributed by atoms with Crippen molar-refractivity contribution in [1.82, 2.24) is 10.3 Å². The summed E-state index contributed by atoms with van der Waals surface area (Å²) >= 11 is 8.18. The lowest BCUT2D eigenvalue weighted by atomic mass is 10.2. The summed E-state index contributed by atoms with van der Waals surface area (Å²) < 4.78 is 38.1. The number of pyridine rings is 1. The number of alkyl halides is 3. The molecule has 2 aromatic rings. The fourth-order valence-electron chi connectivity index (χ4n) is 1.56. The van der Waals surface area contributed by atoms with Gasteiger partial charge in [0.05, 0.1) is 5.56 Å². The first-order valence-corrected chi connectivity index (χ1v) is 7.37. The third-order valence-electron chi connectivity index (χ3n) is 2.67. The van der Waals surface area contributed by atoms with Gasteiger partial charge < -0.3 is 5.32 Å². The number of thiocarbonyl (C=S) groups is 1. The van der Waals surface area contributed by atoms with Crippen molar-refractivity contribution in [3.05, 3.63) is 58.2 Å². The van der Waals surface area contributed by atoms with Crippen molar-refractivity contribution in [2.45, 2.75) is 6.18 Å². The Kier molecular flexibility index (Phi) is 5.32. The monoisotopic (exact) mass is 403 g/mol. The standard InChI is InChI=1S/C14H9BrF3N3OS/c15-10-4-1-8(2-5-10)12(22)21-13(23)20-11-6-3-9(7-19-11)14(16,17)18/h1-7H,(H2,19,20,21,22,23). The lowest BCUT2D eigenvalue weighted by Gasteiger charge is -2.10. The average Bonchev–Trinajstić information content (AvgIpc) is 2.47. The zero-order chi connectivity index (χ0) is 17.0. The number of nitrogens with zero attached hydrogens (tertiary/aromatic N) is 1. The van der Waals surface area contributed by atoms with Gasteiger partial charge in [-0.25, -0.2) is 4.98 Å². The highest BCUT2D eigenvalue weighted by molar-refractivity contribution is 9.10. The van der Waals surface area contributed by atoms with Crippen molar-refractivity contribution in [2.75, 3.05) is 5.32 Å². The van der Waals surface area contributed by atoms with Crippen LogP contribution < -0.4 is 10.6 Å². The minimum absolute atomic E-state index is 0.0647. The fourth-order valence-corrected chi connectivity index (χ4v) is 2.02. The Balaban J connectivity index is 1.96. The molecule has 0 aliphatic heterocycles. The molecule has 0 bridgehead atoms. The molecular formula is C14H9BrF3N3OS. The highest BCUT2D eigenvalue weighted by Crippen LogP contribution is 2.28. The van der Waals surface area contributed by atoms with Crippen molar-refractivity contribution in [3.8, 4) is 0 Å². The zero-order valence-corrected chi connectivity index (χ0v) is 13.7. The molecule has 1 aromatic heterocycles. The van der Waals surface area contributed by atoms with Gasteiger partial charge in [0, 0.05) is 16.2 Å². The SMILES string of the molecule is O=C(NC(=S)Nc1ccc(C(F)(F)F)cn1)c1ccc(Br)cc1. The summed E-state index contributed by atoms with van der Waals surface area (Å²) in [7, 11) is 0. The number of amides is 1. The van der Waals surface area contributed by atoms with E-state index in [2.05, 4.69) is 31.5 Å². The van der Waals surface area contributed by atoms with Crippen molar-refractivity contribution < 1.29 is 18.0 Å². The number of hydrogen-bond donors (Lipinski definition) is 2. The Morgan fingerprint density at radius 1 is 1.13 bits per heavy atom. The van der Waals surface area contributed by atoms with Gasteiger partial charge >= 0.3 is 6.18 Å². The summed E-state index contributed by atoms with van der Waals surface area (Å²) in [5.41, 5.74) is -0.481. The van der Waals surface area contributed by atoms with Gasteiger partial charge in [-0.15, -0.1) is 0 Å². The third kappa shape index (κ3) is 5.00. The smallest absolute Gasteiger partial charge is 0.317 e. The normalized spacial score (nSPS) is 11.0. The van der Waals surface area contributed by atoms with Crippen LogP contribution >= 0.6 is 28.1 Å². The summed E-state index contributed by atoms with van der Waals surface area (Å²) in [5.74, 6) is -0.346. The quantitative estimate of drug-likeness (QED) is 0.744. The maximum atomic E-state index is 12.4. The van der Waals surface area contributed by atoms with Crippen LogP contribution in [0.1, 0.15) is 15.9 Å². The molecule has 2 rings (SSSR count). The molecule has 1 aromatic carbocycles. The predicted octanol–water partition coefficient (Wildman–Crippen LogP) is 3.99. The highest BCUT2D eigenvalue weighted by atomic mass is 79.9. The molecule has 0 saturated heterocycles. The number of carbonyl (C=O) groups excluding carboxylic acids is 1. The number of carbonyl (C=O) groups is 1. The van der Waals surface area contributed by atoms with Crippen LogP contribution in [0.25, 0.3) is 0 Å². The van der Waals surface area contributed by atoms with Crippen LogP contribution in [-0.4, -0.2) is 16.0 Å². The predicted molar refractivity (Wildman–Crippen MR) is 87.1 cm³/mol. The molecule has 23 heavy (non-hydrogen) atoms. The molecule has 0 atom stereocenters. The molecule has 1 heterocycles. The van der Waals surface area contributed by atoms with Gasteiger partial charge in [-0.3, -0.25) is 10.1 Å². The Morgan fingerprint density at radius 2 is 1.78 bits per heavy atom. The highest BCUT2D eigenvalue weighted by Gasteiger charge is 2.30. The molecular weight excluding hydrogens is 395 g/mol. The van der Waals surface area contributed by atoms with E-state index in [1.54, 1.807) is 24.3 Å². The van der Waals surface area contributed by atoms with E-state index < -0.39 is 17.6 Å². The molecule has 9 heteroatoms. The van der Waals surface area contributed by atoms with Crippen LogP contribution in [0.15, 0.2) is 47.1 Å². The van der Waals surface area contributed by atoms with Crippen molar-refractivity contribution in [3.63, 3.8) is 0 Å². The lowest BCUT2D eigenvalue weighted by Crippen LogP contribution is -2.34. The van der Waals surface area contributed by atoms with E-state index in [0.29, 0.717) is 11.8 Å². The Labute approximate surface area is 143 Å². The lowest BCUT2D eigenvalue weighted by molar-refractivity contribution is -0.137. The maximum Gasteiger partial charge on any atom is 0.417 e. The van der Waals surface area contributed by atoms with Crippen molar-refractivity contribution >= 4 is 45.0 Å². The molecule has 0 aliphatic rings. The first kappa shape index (κ1) is 17.4. The number of hydrogen-bond acceptors (Lipinski definition) is 3. The van der Waals surface area contributed by atoms with Gasteiger partial charge in [0.2, 0.25) is 0 Å². The first-order chi connectivity index (χ1) is 10.8. The number of halogens is 4. The Bertz CT molecular complexity index is 718. The van der Waals surface area contributed by atoms with Crippen molar-refractivity contribution in [1.29, 1.82) is 0 Å². The van der Waals surface area contributed by atoms with Gasteiger partial charge in [0.1, 0.15) is 5.82 Å². The Morgan fingerprint density at radius 3 is 2.30 bits per heavy atom. The van der Waals surface area contributed by atoms with E-state index in [-0.39, 0.29) is 10.9 Å². The molecule has 1 amide bonds. The van der Waals surface area contributed by atoms with E-state index in [9.17, 15) is 18.0 Å². The van der Waals surface area contributed by atoms with E-state index in [4.69, 9.17) is 12.2 Å². The van der Waals surface area contributed by atoms with Crippen LogP contribution in [0.5, 0.6) is 0 Å².